The van der Waals surface area contributed by atoms with Crippen molar-refractivity contribution in [3.63, 3.8) is 0 Å². The highest BCUT2D eigenvalue weighted by Crippen LogP contribution is 2.39. The van der Waals surface area contributed by atoms with E-state index < -0.39 is 137 Å². The number of cyclic esters (lactones) is 1. The van der Waals surface area contributed by atoms with Crippen LogP contribution in [0.4, 0.5) is 0 Å². The van der Waals surface area contributed by atoms with Crippen molar-refractivity contribution in [3.8, 4) is 0 Å². The van der Waals surface area contributed by atoms with Crippen molar-refractivity contribution in [3.05, 3.63) is 117 Å². The zero-order valence-corrected chi connectivity index (χ0v) is 45.2. The van der Waals surface area contributed by atoms with E-state index in [2.05, 4.69) is 31.9 Å². The summed E-state index contributed by atoms with van der Waals surface area (Å²) in [5, 5.41) is 69.3. The van der Waals surface area contributed by atoms with Crippen LogP contribution >= 0.6 is 11.6 Å². The van der Waals surface area contributed by atoms with Crippen molar-refractivity contribution in [1.29, 1.82) is 0 Å². The van der Waals surface area contributed by atoms with Crippen molar-refractivity contribution < 1.29 is 58.7 Å². The highest BCUT2D eigenvalue weighted by molar-refractivity contribution is 6.30. The first-order valence-corrected chi connectivity index (χ1v) is 26.9. The lowest BCUT2D eigenvalue weighted by molar-refractivity contribution is -0.161. The minimum absolute atomic E-state index is 0.0108. The van der Waals surface area contributed by atoms with Gasteiger partial charge in [0.15, 0.2) is 0 Å². The molecule has 4 fully saturated rings. The molecule has 79 heavy (non-hydrogen) atoms. The number of carbonyl (C=O) groups excluding carboxylic acids is 8. The quantitative estimate of drug-likeness (QED) is 0.0406. The summed E-state index contributed by atoms with van der Waals surface area (Å²) in [6.07, 6.45) is 2.06. The van der Waals surface area contributed by atoms with Gasteiger partial charge in [0, 0.05) is 31.0 Å². The van der Waals surface area contributed by atoms with Crippen LogP contribution in [0.2, 0.25) is 5.15 Å². The summed E-state index contributed by atoms with van der Waals surface area (Å²) in [5.41, 5.74) is 0.758. The average Bonchev–Trinajstić information content (AvgIpc) is 4.35. The van der Waals surface area contributed by atoms with Gasteiger partial charge in [-0.3, -0.25) is 44.0 Å². The Morgan fingerprint density at radius 3 is 2.03 bits per heavy atom. The second-order valence-corrected chi connectivity index (χ2v) is 21.5. The maximum Gasteiger partial charge on any atom is 0.329 e. The smallest absolute Gasteiger partial charge is 0.329 e. The van der Waals surface area contributed by atoms with Gasteiger partial charge in [-0.25, -0.2) is 4.79 Å². The van der Waals surface area contributed by atoms with Crippen molar-refractivity contribution >= 4 is 58.9 Å². The molecule has 7 rings (SSSR count). The largest absolute Gasteiger partial charge is 0.762 e. The summed E-state index contributed by atoms with van der Waals surface area (Å²) >= 11 is 5.99. The Labute approximate surface area is 461 Å². The first kappa shape index (κ1) is 59.7. The zero-order chi connectivity index (χ0) is 57.4. The second-order valence-electron chi connectivity index (χ2n) is 21.1. The number of nitrogens with zero attached hydrogens (tertiary/aromatic N) is 4. The molecule has 0 spiro atoms. The Kier molecular flexibility index (Phi) is 19.9. The van der Waals surface area contributed by atoms with Crippen LogP contribution in [0, 0.1) is 34.1 Å². The fourth-order valence-electron chi connectivity index (χ4n) is 10.4. The highest BCUT2D eigenvalue weighted by Gasteiger charge is 2.48. The fourth-order valence-corrected chi connectivity index (χ4v) is 10.6. The minimum atomic E-state index is -1.90. The predicted octanol–water partition coefficient (Wildman–Crippen LogP) is 2.67. The molecule has 1 aromatic heterocycles. The molecule has 2 saturated heterocycles. The van der Waals surface area contributed by atoms with Crippen LogP contribution in [0.5, 0.6) is 0 Å². The molecule has 2 aliphatic heterocycles. The maximum atomic E-state index is 15.2. The molecular weight excluding hydrogens is 1050 g/mol. The van der Waals surface area contributed by atoms with E-state index in [9.17, 15) is 50.0 Å². The molecule has 3 aromatic rings. The first-order chi connectivity index (χ1) is 37.6. The molecule has 24 nitrogen and oxygen atoms in total. The third-order valence-electron chi connectivity index (χ3n) is 15.5. The van der Waals surface area contributed by atoms with Gasteiger partial charge in [0.25, 0.3) is 5.91 Å². The lowest BCUT2D eigenvalue weighted by atomic mass is 9.91. The van der Waals surface area contributed by atoms with Gasteiger partial charge in [0.05, 0.1) is 0 Å². The van der Waals surface area contributed by atoms with Gasteiger partial charge in [0.2, 0.25) is 35.4 Å². The number of allylic oxidation sites excluding steroid dienone is 1. The van der Waals surface area contributed by atoms with E-state index in [1.807, 2.05) is 13.0 Å². The van der Waals surface area contributed by atoms with E-state index in [4.69, 9.17) is 16.3 Å². The molecule has 2 aromatic carbocycles. The van der Waals surface area contributed by atoms with Crippen molar-refractivity contribution in [2.75, 3.05) is 6.54 Å². The number of ether oxygens (including phenoxy) is 1. The molecule has 9 N–H and O–H groups in total. The van der Waals surface area contributed by atoms with E-state index in [1.165, 1.54) is 24.0 Å². The molecule has 25 heteroatoms. The number of benzene rings is 2. The van der Waals surface area contributed by atoms with Crippen LogP contribution in [-0.4, -0.2) is 150 Å². The van der Waals surface area contributed by atoms with Gasteiger partial charge in [0.1, 0.15) is 59.2 Å². The van der Waals surface area contributed by atoms with Crippen LogP contribution < -0.4 is 31.9 Å². The van der Waals surface area contributed by atoms with Gasteiger partial charge in [-0.15, -0.1) is 0 Å². The Balaban J connectivity index is 1.32. The van der Waals surface area contributed by atoms with Crippen LogP contribution in [0.1, 0.15) is 101 Å². The van der Waals surface area contributed by atoms with E-state index >= 15 is 14.4 Å². The third kappa shape index (κ3) is 14.9. The van der Waals surface area contributed by atoms with Crippen LogP contribution in [-0.2, 0) is 44.7 Å². The highest BCUT2D eigenvalue weighted by atomic mass is 35.5. The van der Waals surface area contributed by atoms with Crippen molar-refractivity contribution in [2.24, 2.45) is 23.7 Å². The molecule has 0 unspecified atom stereocenters. The molecule has 428 valence electrons. The lowest BCUT2D eigenvalue weighted by Crippen LogP contribution is -2.62. The van der Waals surface area contributed by atoms with Crippen LogP contribution in [0.3, 0.4) is 0 Å². The van der Waals surface area contributed by atoms with Gasteiger partial charge in [-0.05, 0) is 92.9 Å². The number of carbonyl (C=O) groups is 8. The number of nitrogens with one attached hydrogen (secondary N) is 6. The molecule has 2 saturated carbocycles. The van der Waals surface area contributed by atoms with Gasteiger partial charge in [-0.2, -0.15) is 4.73 Å². The molecular formula is C54H69ClN10O14-2. The number of esters is 1. The third-order valence-corrected chi connectivity index (χ3v) is 15.8. The summed E-state index contributed by atoms with van der Waals surface area (Å²) < 4.78 is 6.44. The number of amides is 7. The Bertz CT molecular complexity index is 2710. The second kappa shape index (κ2) is 26.4. The summed E-state index contributed by atoms with van der Waals surface area (Å²) in [4.78, 5) is 119. The standard InChI is InChI=1S/C54H69ClN10O14/c1-6-14-32-22-42-54(73)79-30(5)46(61-49(68)38(24-35-26-41(35)65(77)78)57-50(69)39-19-20-43(55)63(39)74)52(71)60-45(29(4)33-17-12-9-13-18-33)51(70)58-37(23-34-25-40(34)64(75)76)47(66)56-36(21-31-15-10-8-11-16-31)48(67)59-44(28(3)7-2)53(72)62(42)27-32/h6,8-20,28-30,32,34-38,40-42,44-46,74-75,77H,7,21-27H2,1-5H3,(H,56,66)(H,57,69)(H,58,70)(H,59,67)(H,60,71)(H,61,68)/q-2/b14-6-/t28-,29+,30+,32-,34+,35-,36-,37+,38-,40+,41-,42-,44-,45-,46+/m0/s1. The van der Waals surface area contributed by atoms with E-state index in [1.54, 1.807) is 87.5 Å². The molecule has 0 bridgehead atoms. The van der Waals surface area contributed by atoms with E-state index in [0.717, 1.165) is 0 Å². The molecule has 0 radical (unpaired) electrons. The number of halogens is 1. The molecule has 3 heterocycles. The van der Waals surface area contributed by atoms with Gasteiger partial charge >= 0.3 is 5.97 Å². The lowest BCUT2D eigenvalue weighted by Gasteiger charge is -2.33. The summed E-state index contributed by atoms with van der Waals surface area (Å²) in [6.45, 7) is 8.24. The first-order valence-electron chi connectivity index (χ1n) is 26.5. The number of rotatable bonds is 17. The number of hydrogen-bond acceptors (Lipinski definition) is 16. The molecule has 4 aliphatic rings. The molecule has 15 atom stereocenters. The average molecular weight is 1120 g/mol. The summed E-state index contributed by atoms with van der Waals surface area (Å²) in [5.74, 6) is -10.5. The molecule has 7 amide bonds. The number of fused-ring (bicyclic) bond motifs is 1. The van der Waals surface area contributed by atoms with E-state index in [0.29, 0.717) is 22.3 Å². The van der Waals surface area contributed by atoms with Crippen LogP contribution in [0.15, 0.2) is 84.9 Å². The normalized spacial score (nSPS) is 29.2. The number of aromatic nitrogens is 1. The van der Waals surface area contributed by atoms with Gasteiger partial charge in [-0.1, -0.05) is 112 Å². The van der Waals surface area contributed by atoms with Crippen molar-refractivity contribution in [2.45, 2.75) is 146 Å². The number of hydrogen-bond donors (Lipinski definition) is 9. The van der Waals surface area contributed by atoms with Crippen molar-refractivity contribution in [1.82, 2.24) is 52.0 Å². The Morgan fingerprint density at radius 2 is 1.43 bits per heavy atom. The summed E-state index contributed by atoms with van der Waals surface area (Å²) in [7, 11) is 0. The summed E-state index contributed by atoms with van der Waals surface area (Å²) in [6, 6.07) is 7.19. The minimum Gasteiger partial charge on any atom is -0.762 e. The SMILES string of the molecule is C/C=C\[C@H]1C[C@H]2C(=O)O[C@H](C)[C@@H](NC(=O)[C@H](C[C@H]3C[C@@H]3N([O-])O)NC(=O)c3ccc(Cl)n3O)C(=O)N[C@@H]([C@H](C)c3ccccc3)C(=O)N[C@H](C[C@@H]3C[C@H]3N([O-])O)C(=O)N[C@@H](Cc3ccccc3)C(=O)N[C@@H]([C@@H](C)CC)C(=O)N2C1. The fraction of sp³-hybridized carbons (Fsp3) is 0.519. The monoisotopic (exact) mass is 1120 g/mol. The topological polar surface area (TPSA) is 339 Å². The zero-order valence-electron chi connectivity index (χ0n) is 44.4. The Morgan fingerprint density at radius 1 is 0.823 bits per heavy atom. The number of hydroxylamine groups is 4. The molecule has 2 aliphatic carbocycles. The Hall–Kier alpha value is -6.93. The van der Waals surface area contributed by atoms with Gasteiger partial charge < -0.3 is 67.6 Å². The predicted molar refractivity (Wildman–Crippen MR) is 283 cm³/mol. The maximum absolute atomic E-state index is 15.2. The van der Waals surface area contributed by atoms with E-state index in [-0.39, 0.29) is 66.6 Å². The van der Waals surface area contributed by atoms with Crippen LogP contribution in [0.25, 0.3) is 0 Å².